The van der Waals surface area contributed by atoms with Crippen LogP contribution < -0.4 is 15.4 Å². The van der Waals surface area contributed by atoms with Gasteiger partial charge in [0.25, 0.3) is 0 Å². The second kappa shape index (κ2) is 11.2. The van der Waals surface area contributed by atoms with Gasteiger partial charge in [0.2, 0.25) is 15.9 Å². The molecule has 0 spiro atoms. The molecule has 0 aliphatic rings. The first kappa shape index (κ1) is 26.9. The van der Waals surface area contributed by atoms with Crippen LogP contribution >= 0.6 is 0 Å². The van der Waals surface area contributed by atoms with E-state index in [1.54, 1.807) is 0 Å². The number of sulfonamides is 1. The number of hydrogen-bond donors (Lipinski definition) is 3. The van der Waals surface area contributed by atoms with Gasteiger partial charge < -0.3 is 10.6 Å². The standard InChI is InChI=1S/C23H25F4N3O3S/c1-4-10-28-20-13-18(23(25,26)27)8-6-17(20)7-9-21(31)29-14-15-11-16(5-2)22(19(24)12-15)30-34(3,32)33/h5-9,11-13,28,30H,2,4,10,14H2,1,3H3,(H,29,31). The lowest BCUT2D eigenvalue weighted by Gasteiger charge is -2.13. The van der Waals surface area contributed by atoms with E-state index in [1.807, 2.05) is 6.92 Å². The van der Waals surface area contributed by atoms with Crippen molar-refractivity contribution in [2.24, 2.45) is 0 Å². The van der Waals surface area contributed by atoms with Crippen molar-refractivity contribution in [2.75, 3.05) is 22.8 Å². The average Bonchev–Trinajstić information content (AvgIpc) is 2.75. The molecule has 0 heterocycles. The second-order valence-electron chi connectivity index (χ2n) is 7.40. The van der Waals surface area contributed by atoms with Gasteiger partial charge in [-0.25, -0.2) is 12.8 Å². The summed E-state index contributed by atoms with van der Waals surface area (Å²) in [4.78, 5) is 12.2. The normalized spacial score (nSPS) is 11.9. The summed E-state index contributed by atoms with van der Waals surface area (Å²) in [5.74, 6) is -1.39. The van der Waals surface area contributed by atoms with Crippen LogP contribution in [0, 0.1) is 5.82 Å². The Bertz CT molecular complexity index is 1190. The number of nitrogens with one attached hydrogen (secondary N) is 3. The summed E-state index contributed by atoms with van der Waals surface area (Å²) in [6, 6.07) is 5.73. The monoisotopic (exact) mass is 499 g/mol. The van der Waals surface area contributed by atoms with E-state index in [2.05, 4.69) is 21.9 Å². The fourth-order valence-electron chi connectivity index (χ4n) is 2.95. The lowest BCUT2D eigenvalue weighted by Crippen LogP contribution is -2.20. The second-order valence-corrected chi connectivity index (χ2v) is 9.15. The van der Waals surface area contributed by atoms with Gasteiger partial charge in [0.15, 0.2) is 0 Å². The summed E-state index contributed by atoms with van der Waals surface area (Å²) in [5, 5.41) is 5.46. The maximum Gasteiger partial charge on any atom is 0.416 e. The molecule has 0 radical (unpaired) electrons. The molecule has 3 N–H and O–H groups in total. The molecular weight excluding hydrogens is 474 g/mol. The molecule has 6 nitrogen and oxygen atoms in total. The predicted octanol–water partition coefficient (Wildman–Crippen LogP) is 5.01. The highest BCUT2D eigenvalue weighted by Crippen LogP contribution is 2.32. The van der Waals surface area contributed by atoms with Gasteiger partial charge in [0.05, 0.1) is 17.5 Å². The Kier molecular flexibility index (Phi) is 8.86. The number of hydrogen-bond acceptors (Lipinski definition) is 4. The minimum absolute atomic E-state index is 0.0754. The van der Waals surface area contributed by atoms with Crippen LogP contribution in [0.5, 0.6) is 0 Å². The van der Waals surface area contributed by atoms with Crippen LogP contribution in [0.25, 0.3) is 12.2 Å². The average molecular weight is 500 g/mol. The van der Waals surface area contributed by atoms with Crippen LogP contribution in [-0.4, -0.2) is 27.1 Å². The van der Waals surface area contributed by atoms with Crippen molar-refractivity contribution in [2.45, 2.75) is 26.1 Å². The van der Waals surface area contributed by atoms with Gasteiger partial charge in [-0.15, -0.1) is 0 Å². The summed E-state index contributed by atoms with van der Waals surface area (Å²) in [5.41, 5.74) is 0.137. The molecule has 2 aromatic rings. The molecule has 0 aromatic heterocycles. The van der Waals surface area contributed by atoms with Crippen molar-refractivity contribution in [3.63, 3.8) is 0 Å². The molecule has 0 bridgehead atoms. The minimum Gasteiger partial charge on any atom is -0.385 e. The Morgan fingerprint density at radius 3 is 2.44 bits per heavy atom. The summed E-state index contributed by atoms with van der Waals surface area (Å²) in [6.07, 6.45) is 0.902. The van der Waals surface area contributed by atoms with Crippen LogP contribution in [0.4, 0.5) is 28.9 Å². The van der Waals surface area contributed by atoms with Crippen LogP contribution in [0.3, 0.4) is 0 Å². The number of amides is 1. The van der Waals surface area contributed by atoms with Crippen molar-refractivity contribution in [1.29, 1.82) is 0 Å². The molecule has 34 heavy (non-hydrogen) atoms. The van der Waals surface area contributed by atoms with E-state index in [1.165, 1.54) is 24.3 Å². The molecule has 0 aliphatic heterocycles. The molecule has 184 valence electrons. The highest BCUT2D eigenvalue weighted by molar-refractivity contribution is 7.92. The largest absolute Gasteiger partial charge is 0.416 e. The molecule has 0 fully saturated rings. The Morgan fingerprint density at radius 2 is 1.85 bits per heavy atom. The highest BCUT2D eigenvalue weighted by Gasteiger charge is 2.30. The molecule has 11 heteroatoms. The smallest absolute Gasteiger partial charge is 0.385 e. The first-order chi connectivity index (χ1) is 15.8. The number of carbonyl (C=O) groups is 1. The van der Waals surface area contributed by atoms with Crippen molar-refractivity contribution in [3.05, 3.63) is 71.1 Å². The molecule has 0 unspecified atom stereocenters. The number of alkyl halides is 3. The fraction of sp³-hybridized carbons (Fsp3) is 0.261. The zero-order valence-electron chi connectivity index (χ0n) is 18.6. The van der Waals surface area contributed by atoms with Crippen LogP contribution in [0.1, 0.15) is 35.6 Å². The third-order valence-electron chi connectivity index (χ3n) is 4.51. The lowest BCUT2D eigenvalue weighted by atomic mass is 10.1. The maximum absolute atomic E-state index is 14.4. The van der Waals surface area contributed by atoms with E-state index in [9.17, 15) is 30.8 Å². The zero-order chi connectivity index (χ0) is 25.5. The first-order valence-corrected chi connectivity index (χ1v) is 12.1. The summed E-state index contributed by atoms with van der Waals surface area (Å²) in [7, 11) is -3.71. The van der Waals surface area contributed by atoms with Crippen molar-refractivity contribution >= 4 is 39.5 Å². The number of anilines is 2. The molecular formula is C23H25F4N3O3S. The zero-order valence-corrected chi connectivity index (χ0v) is 19.4. The lowest BCUT2D eigenvalue weighted by molar-refractivity contribution is -0.137. The third kappa shape index (κ3) is 7.91. The van der Waals surface area contributed by atoms with Gasteiger partial charge in [0, 0.05) is 30.4 Å². The summed E-state index contributed by atoms with van der Waals surface area (Å²) in [6.45, 7) is 5.78. The Morgan fingerprint density at radius 1 is 1.15 bits per heavy atom. The molecule has 0 saturated carbocycles. The van der Waals surface area contributed by atoms with E-state index in [0.717, 1.165) is 30.5 Å². The van der Waals surface area contributed by atoms with Crippen molar-refractivity contribution in [3.8, 4) is 0 Å². The van der Waals surface area contributed by atoms with E-state index in [4.69, 9.17) is 0 Å². The van der Waals surface area contributed by atoms with Gasteiger partial charge >= 0.3 is 6.18 Å². The molecule has 2 rings (SSSR count). The quantitative estimate of drug-likeness (QED) is 0.317. The van der Waals surface area contributed by atoms with E-state index in [-0.39, 0.29) is 23.5 Å². The van der Waals surface area contributed by atoms with Gasteiger partial charge in [0.1, 0.15) is 5.82 Å². The van der Waals surface area contributed by atoms with Crippen molar-refractivity contribution in [1.82, 2.24) is 5.32 Å². The van der Waals surface area contributed by atoms with Crippen LogP contribution in [0.15, 0.2) is 43.0 Å². The Balaban J connectivity index is 2.15. The van der Waals surface area contributed by atoms with Crippen LogP contribution in [-0.2, 0) is 27.5 Å². The molecule has 2 aromatic carbocycles. The Hall–Kier alpha value is -3.34. The molecule has 0 aliphatic carbocycles. The first-order valence-electron chi connectivity index (χ1n) is 10.2. The van der Waals surface area contributed by atoms with Gasteiger partial charge in [-0.3, -0.25) is 9.52 Å². The van der Waals surface area contributed by atoms with E-state index < -0.39 is 33.5 Å². The van der Waals surface area contributed by atoms with Gasteiger partial charge in [-0.1, -0.05) is 25.6 Å². The number of rotatable bonds is 10. The molecule has 1 amide bonds. The van der Waals surface area contributed by atoms with Gasteiger partial charge in [-0.05, 0) is 47.9 Å². The fourth-order valence-corrected chi connectivity index (χ4v) is 3.53. The van der Waals surface area contributed by atoms with Gasteiger partial charge in [-0.2, -0.15) is 13.2 Å². The number of halogens is 4. The number of benzene rings is 2. The SMILES string of the molecule is C=Cc1cc(CNC(=O)C=Cc2ccc(C(F)(F)F)cc2NCCC)cc(F)c1NS(C)(=O)=O. The molecule has 0 saturated heterocycles. The molecule has 0 atom stereocenters. The predicted molar refractivity (Wildman–Crippen MR) is 126 cm³/mol. The Labute approximate surface area is 195 Å². The number of carbonyl (C=O) groups excluding carboxylic acids is 1. The summed E-state index contributed by atoms with van der Waals surface area (Å²) < 4.78 is 78.4. The van der Waals surface area contributed by atoms with E-state index >= 15 is 0 Å². The third-order valence-corrected chi connectivity index (χ3v) is 5.09. The summed E-state index contributed by atoms with van der Waals surface area (Å²) >= 11 is 0. The topological polar surface area (TPSA) is 87.3 Å². The van der Waals surface area contributed by atoms with E-state index in [0.29, 0.717) is 24.1 Å². The minimum atomic E-state index is -4.49. The van der Waals surface area contributed by atoms with Crippen LogP contribution in [0.2, 0.25) is 0 Å². The van der Waals surface area contributed by atoms with Crippen molar-refractivity contribution < 1.29 is 30.8 Å². The highest BCUT2D eigenvalue weighted by atomic mass is 32.2. The maximum atomic E-state index is 14.4.